The second-order valence-corrected chi connectivity index (χ2v) is 10.9. The van der Waals surface area contributed by atoms with Gasteiger partial charge in [0.15, 0.2) is 0 Å². The van der Waals surface area contributed by atoms with E-state index in [4.69, 9.17) is 17.3 Å². The summed E-state index contributed by atoms with van der Waals surface area (Å²) in [5, 5.41) is 16.0. The monoisotopic (exact) mass is 547 g/mol. The number of carbonyl (C=O) groups excluding carboxylic acids is 2. The molecule has 0 radical (unpaired) electrons. The van der Waals surface area contributed by atoms with Crippen LogP contribution in [0.15, 0.2) is 66.7 Å². The predicted octanol–water partition coefficient (Wildman–Crippen LogP) is 5.43. The number of carbonyl (C=O) groups is 2. The lowest BCUT2D eigenvalue weighted by atomic mass is 9.72. The average molecular weight is 548 g/mol. The number of benzene rings is 3. The van der Waals surface area contributed by atoms with Crippen LogP contribution in [-0.4, -0.2) is 41.5 Å². The Kier molecular flexibility index (Phi) is 9.44. The van der Waals surface area contributed by atoms with Crippen LogP contribution in [0.1, 0.15) is 59.7 Å². The molecular weight excluding hydrogens is 510 g/mol. The molecule has 0 spiro atoms. The zero-order valence-electron chi connectivity index (χ0n) is 22.8. The van der Waals surface area contributed by atoms with Gasteiger partial charge < -0.3 is 21.1 Å². The molecule has 0 saturated carbocycles. The van der Waals surface area contributed by atoms with Crippen molar-refractivity contribution in [1.82, 2.24) is 10.2 Å². The van der Waals surface area contributed by atoms with Crippen LogP contribution in [0, 0.1) is 12.8 Å². The molecule has 1 heterocycles. The van der Waals surface area contributed by atoms with Crippen LogP contribution in [-0.2, 0) is 16.9 Å². The number of amides is 2. The molecule has 1 saturated heterocycles. The third kappa shape index (κ3) is 6.70. The Morgan fingerprint density at radius 3 is 2.56 bits per heavy atom. The van der Waals surface area contributed by atoms with Gasteiger partial charge in [0.1, 0.15) is 0 Å². The van der Waals surface area contributed by atoms with Crippen molar-refractivity contribution in [1.29, 1.82) is 0 Å². The molecular formula is C32H38ClN3O3. The maximum Gasteiger partial charge on any atom is 0.253 e. The van der Waals surface area contributed by atoms with Crippen molar-refractivity contribution in [3.8, 4) is 11.1 Å². The Hall–Kier alpha value is -3.19. The molecule has 6 nitrogen and oxygen atoms in total. The van der Waals surface area contributed by atoms with Gasteiger partial charge in [-0.1, -0.05) is 65.7 Å². The van der Waals surface area contributed by atoms with Crippen molar-refractivity contribution in [2.24, 2.45) is 11.7 Å². The van der Waals surface area contributed by atoms with E-state index in [1.165, 1.54) is 6.92 Å². The third-order valence-corrected chi connectivity index (χ3v) is 8.03. The largest absolute Gasteiger partial charge is 0.385 e. The second kappa shape index (κ2) is 12.8. The van der Waals surface area contributed by atoms with Crippen molar-refractivity contribution in [2.45, 2.75) is 51.7 Å². The summed E-state index contributed by atoms with van der Waals surface area (Å²) >= 11 is 6.81. The number of nitrogens with one attached hydrogen (secondary N) is 1. The summed E-state index contributed by atoms with van der Waals surface area (Å²) in [6, 6.07) is 21.2. The summed E-state index contributed by atoms with van der Waals surface area (Å²) in [6.07, 6.45) is 2.56. The summed E-state index contributed by atoms with van der Waals surface area (Å²) in [4.78, 5) is 26.8. The van der Waals surface area contributed by atoms with Gasteiger partial charge in [-0.25, -0.2) is 0 Å². The van der Waals surface area contributed by atoms with Crippen LogP contribution < -0.4 is 11.1 Å². The average Bonchev–Trinajstić information content (AvgIpc) is 2.94. The smallest absolute Gasteiger partial charge is 0.253 e. The topological polar surface area (TPSA) is 95.7 Å². The Morgan fingerprint density at radius 1 is 1.13 bits per heavy atom. The van der Waals surface area contributed by atoms with Gasteiger partial charge in [0, 0.05) is 55.2 Å². The Labute approximate surface area is 236 Å². The predicted molar refractivity (Wildman–Crippen MR) is 156 cm³/mol. The van der Waals surface area contributed by atoms with Crippen molar-refractivity contribution >= 4 is 23.4 Å². The highest BCUT2D eigenvalue weighted by Crippen LogP contribution is 2.45. The molecule has 0 unspecified atom stereocenters. The van der Waals surface area contributed by atoms with E-state index in [1.54, 1.807) is 0 Å². The van der Waals surface area contributed by atoms with Crippen LogP contribution >= 0.6 is 11.6 Å². The minimum Gasteiger partial charge on any atom is -0.385 e. The Morgan fingerprint density at radius 2 is 1.87 bits per heavy atom. The highest BCUT2D eigenvalue weighted by atomic mass is 35.5. The highest BCUT2D eigenvalue weighted by molar-refractivity contribution is 6.33. The molecule has 1 aliphatic rings. The SMILES string of the molecule is CC(=O)NCCC[C@@](O)(c1cccc(Cl)c1-c1cccc(C)c1)[C@@H]1CCCN(C(=O)c2ccc(CN)cc2)C1. The van der Waals surface area contributed by atoms with E-state index in [2.05, 4.69) is 11.4 Å². The van der Waals surface area contributed by atoms with Gasteiger partial charge in [0.05, 0.1) is 5.60 Å². The molecule has 3 aromatic carbocycles. The minimum absolute atomic E-state index is 0.0473. The van der Waals surface area contributed by atoms with E-state index in [1.807, 2.05) is 72.5 Å². The van der Waals surface area contributed by atoms with Crippen LogP contribution in [0.3, 0.4) is 0 Å². The Balaban J connectivity index is 1.70. The fourth-order valence-electron chi connectivity index (χ4n) is 5.68. The van der Waals surface area contributed by atoms with Crippen molar-refractivity contribution in [3.05, 3.63) is 94.0 Å². The molecule has 0 aliphatic carbocycles. The molecule has 0 aromatic heterocycles. The minimum atomic E-state index is -1.26. The normalized spacial score (nSPS) is 16.9. The summed E-state index contributed by atoms with van der Waals surface area (Å²) in [5.41, 5.74) is 9.67. The number of rotatable bonds is 9. The van der Waals surface area contributed by atoms with Gasteiger partial charge in [-0.3, -0.25) is 9.59 Å². The van der Waals surface area contributed by atoms with Crippen LogP contribution in [0.2, 0.25) is 5.02 Å². The van der Waals surface area contributed by atoms with E-state index in [9.17, 15) is 14.7 Å². The lowest BCUT2D eigenvalue weighted by Gasteiger charge is -2.44. The van der Waals surface area contributed by atoms with Crippen molar-refractivity contribution in [2.75, 3.05) is 19.6 Å². The Bertz CT molecular complexity index is 1310. The molecule has 2 amide bonds. The van der Waals surface area contributed by atoms with Gasteiger partial charge in [-0.05, 0) is 67.5 Å². The van der Waals surface area contributed by atoms with Gasteiger partial charge in [-0.15, -0.1) is 0 Å². The summed E-state index contributed by atoms with van der Waals surface area (Å²) < 4.78 is 0. The molecule has 1 fully saturated rings. The van der Waals surface area contributed by atoms with Gasteiger partial charge in [-0.2, -0.15) is 0 Å². The van der Waals surface area contributed by atoms with Crippen LogP contribution in [0.4, 0.5) is 0 Å². The number of piperidine rings is 1. The maximum absolute atomic E-state index is 13.5. The quantitative estimate of drug-likeness (QED) is 0.311. The molecule has 3 aromatic rings. The number of hydrogen-bond donors (Lipinski definition) is 3. The van der Waals surface area contributed by atoms with Gasteiger partial charge in [0.2, 0.25) is 5.91 Å². The first-order chi connectivity index (χ1) is 18.7. The number of nitrogens with zero attached hydrogens (tertiary/aromatic N) is 1. The number of likely N-dealkylation sites (tertiary alicyclic amines) is 1. The number of nitrogens with two attached hydrogens (primary N) is 1. The van der Waals surface area contributed by atoms with Gasteiger partial charge in [0.25, 0.3) is 5.91 Å². The van der Waals surface area contributed by atoms with Crippen molar-refractivity contribution < 1.29 is 14.7 Å². The van der Waals surface area contributed by atoms with Crippen molar-refractivity contribution in [3.63, 3.8) is 0 Å². The summed E-state index contributed by atoms with van der Waals surface area (Å²) in [7, 11) is 0. The number of halogens is 1. The zero-order chi connectivity index (χ0) is 28.0. The van der Waals surface area contributed by atoms with Gasteiger partial charge >= 0.3 is 0 Å². The molecule has 1 aliphatic heterocycles. The van der Waals surface area contributed by atoms with E-state index < -0.39 is 5.60 Å². The maximum atomic E-state index is 13.5. The number of aryl methyl sites for hydroxylation is 1. The summed E-state index contributed by atoms with van der Waals surface area (Å²) in [5.74, 6) is -0.358. The summed E-state index contributed by atoms with van der Waals surface area (Å²) in [6.45, 7) is 5.47. The lowest BCUT2D eigenvalue weighted by Crippen LogP contribution is -2.48. The number of hydrogen-bond acceptors (Lipinski definition) is 4. The molecule has 206 valence electrons. The van der Waals surface area contributed by atoms with E-state index in [-0.39, 0.29) is 17.7 Å². The molecule has 4 N–H and O–H groups in total. The fourth-order valence-corrected chi connectivity index (χ4v) is 5.96. The molecule has 0 bridgehead atoms. The lowest BCUT2D eigenvalue weighted by molar-refractivity contribution is -0.119. The third-order valence-electron chi connectivity index (χ3n) is 7.72. The molecule has 7 heteroatoms. The highest BCUT2D eigenvalue weighted by Gasteiger charge is 2.43. The van der Waals surface area contributed by atoms with E-state index in [0.29, 0.717) is 49.6 Å². The van der Waals surface area contributed by atoms with E-state index >= 15 is 0 Å². The number of aliphatic hydroxyl groups is 1. The molecule has 4 rings (SSSR count). The zero-order valence-corrected chi connectivity index (χ0v) is 23.5. The first-order valence-electron chi connectivity index (χ1n) is 13.6. The molecule has 39 heavy (non-hydrogen) atoms. The van der Waals surface area contributed by atoms with Crippen LogP contribution in [0.5, 0.6) is 0 Å². The van der Waals surface area contributed by atoms with E-state index in [0.717, 1.165) is 40.7 Å². The second-order valence-electron chi connectivity index (χ2n) is 10.5. The van der Waals surface area contributed by atoms with Crippen LogP contribution in [0.25, 0.3) is 11.1 Å². The first-order valence-corrected chi connectivity index (χ1v) is 14.0. The molecule has 2 atom stereocenters. The first kappa shape index (κ1) is 28.8. The standard InChI is InChI=1S/C32H38ClN3O3/c1-22-7-3-8-26(19-22)30-28(10-4-11-29(30)33)32(39,16-6-17-35-23(2)37)27-9-5-18-36(21-27)31(38)25-14-12-24(20-34)13-15-25/h3-4,7-8,10-15,19,27,39H,5-6,9,16-18,20-21,34H2,1-2H3,(H,35,37)/t27-,32+/m1/s1. The fraction of sp³-hybridized carbons (Fsp3) is 0.375.